The van der Waals surface area contributed by atoms with E-state index in [1.807, 2.05) is 46.8 Å². The molecule has 0 radical (unpaired) electrons. The van der Waals surface area contributed by atoms with E-state index in [0.29, 0.717) is 11.3 Å². The van der Waals surface area contributed by atoms with Gasteiger partial charge in [-0.15, -0.1) is 0 Å². The first kappa shape index (κ1) is 30.9. The number of carboxylic acids is 1. The van der Waals surface area contributed by atoms with E-state index in [1.54, 1.807) is 0 Å². The molecule has 1 saturated heterocycles. The fourth-order valence-electron chi connectivity index (χ4n) is 6.49. The Bertz CT molecular complexity index is 1540. The molecule has 2 aliphatic rings. The maximum Gasteiger partial charge on any atom is 0.337 e. The molecule has 228 valence electrons. The third-order valence-corrected chi connectivity index (χ3v) is 8.84. The highest BCUT2D eigenvalue weighted by Gasteiger charge is 2.36. The van der Waals surface area contributed by atoms with Gasteiger partial charge < -0.3 is 14.7 Å². The van der Waals surface area contributed by atoms with Gasteiger partial charge in [-0.3, -0.25) is 4.98 Å². The number of rotatable bonds is 6. The van der Waals surface area contributed by atoms with Crippen LogP contribution < -0.4 is 4.90 Å². The van der Waals surface area contributed by atoms with Gasteiger partial charge in [0.05, 0.1) is 11.3 Å². The number of fused-ring (bicyclic) bond motifs is 1. The average molecular weight is 585 g/mol. The zero-order chi connectivity index (χ0) is 31.1. The number of benzene rings is 2. The predicted molar refractivity (Wildman–Crippen MR) is 172 cm³/mol. The van der Waals surface area contributed by atoms with Crippen molar-refractivity contribution in [2.24, 2.45) is 5.41 Å². The lowest BCUT2D eigenvalue weighted by atomic mass is 9.81. The second-order valence-corrected chi connectivity index (χ2v) is 14.0. The molecule has 0 unspecified atom stereocenters. The molecule has 5 rings (SSSR count). The molecule has 3 aromatic rings. The number of hydrogen-bond donors (Lipinski definition) is 1. The molecule has 0 bridgehead atoms. The minimum absolute atomic E-state index is 0.222. The quantitative estimate of drug-likeness (QED) is 0.314. The summed E-state index contributed by atoms with van der Waals surface area (Å²) in [6, 6.07) is 13.3. The molecule has 0 saturated carbocycles. The first-order valence-electron chi connectivity index (χ1n) is 15.4. The van der Waals surface area contributed by atoms with E-state index in [9.17, 15) is 14.3 Å². The van der Waals surface area contributed by atoms with Crippen LogP contribution in [0.1, 0.15) is 93.6 Å². The molecular weight excluding hydrogens is 539 g/mol. The Labute approximate surface area is 255 Å². The maximum atomic E-state index is 13.4. The Hall–Kier alpha value is -3.51. The number of hydrogen-bond acceptors (Lipinski definition) is 4. The lowest BCUT2D eigenvalue weighted by Crippen LogP contribution is -2.39. The number of aliphatic carboxylic acids is 1. The van der Waals surface area contributed by atoms with Crippen molar-refractivity contribution < 1.29 is 19.0 Å². The molecule has 1 fully saturated rings. The molecule has 0 spiro atoms. The van der Waals surface area contributed by atoms with Gasteiger partial charge in [-0.25, -0.2) is 9.18 Å². The number of ether oxygens (including phenoxy) is 1. The minimum Gasteiger partial charge on any atom is -0.479 e. The monoisotopic (exact) mass is 584 g/mol. The average Bonchev–Trinajstić information content (AvgIpc) is 2.92. The summed E-state index contributed by atoms with van der Waals surface area (Å²) in [6.07, 6.45) is 5.81. The predicted octanol–water partition coefficient (Wildman–Crippen LogP) is 8.64. The van der Waals surface area contributed by atoms with Crippen LogP contribution in [0, 0.1) is 25.1 Å². The van der Waals surface area contributed by atoms with Gasteiger partial charge in [-0.1, -0.05) is 55.8 Å². The highest BCUT2D eigenvalue weighted by molar-refractivity contribution is 5.88. The van der Waals surface area contributed by atoms with E-state index in [4.69, 9.17) is 9.72 Å². The van der Waals surface area contributed by atoms with Crippen LogP contribution in [-0.2, 0) is 22.4 Å². The lowest BCUT2D eigenvalue weighted by Gasteiger charge is -2.41. The number of halogens is 1. The lowest BCUT2D eigenvalue weighted by molar-refractivity contribution is -0.160. The maximum absolute atomic E-state index is 13.4. The van der Waals surface area contributed by atoms with Gasteiger partial charge in [0.15, 0.2) is 6.10 Å². The third-order valence-electron chi connectivity index (χ3n) is 8.84. The summed E-state index contributed by atoms with van der Waals surface area (Å²) in [7, 11) is 0. The number of aromatic nitrogens is 1. The summed E-state index contributed by atoms with van der Waals surface area (Å²) >= 11 is 0. The molecular formula is C37H45FN2O3. The van der Waals surface area contributed by atoms with Crippen LogP contribution in [0.4, 0.5) is 10.1 Å². The molecule has 43 heavy (non-hydrogen) atoms. The second-order valence-electron chi connectivity index (χ2n) is 14.0. The Morgan fingerprint density at radius 1 is 1.02 bits per heavy atom. The van der Waals surface area contributed by atoms with E-state index in [-0.39, 0.29) is 11.2 Å². The minimum atomic E-state index is -1.13. The van der Waals surface area contributed by atoms with Gasteiger partial charge in [-0.2, -0.15) is 0 Å². The van der Waals surface area contributed by atoms with Gasteiger partial charge in [0.1, 0.15) is 5.82 Å². The molecule has 2 aromatic carbocycles. The van der Waals surface area contributed by atoms with Crippen molar-refractivity contribution in [1.29, 1.82) is 0 Å². The smallest absolute Gasteiger partial charge is 0.337 e. The number of aryl methyl sites for hydroxylation is 3. The molecule has 5 nitrogen and oxygen atoms in total. The highest BCUT2D eigenvalue weighted by Crippen LogP contribution is 2.45. The van der Waals surface area contributed by atoms with Gasteiger partial charge in [0, 0.05) is 35.6 Å². The molecule has 1 aliphatic heterocycles. The fraction of sp³-hybridized carbons (Fsp3) is 0.459. The van der Waals surface area contributed by atoms with E-state index >= 15 is 0 Å². The third kappa shape index (κ3) is 7.01. The summed E-state index contributed by atoms with van der Waals surface area (Å²) in [5, 5.41) is 10.5. The van der Waals surface area contributed by atoms with Crippen molar-refractivity contribution in [2.45, 2.75) is 92.3 Å². The SMILES string of the molecule is Cc1nc(C)c([C@H](OC(C)(C)C)C(=O)O)c(N2CCC(C)(C)CC2)c1-c1ccc2c(c1)CC/C(=C\c1ccc(F)cc1)C2. The fourth-order valence-corrected chi connectivity index (χ4v) is 6.49. The van der Waals surface area contributed by atoms with Crippen molar-refractivity contribution >= 4 is 17.7 Å². The van der Waals surface area contributed by atoms with Crippen LogP contribution in [0.3, 0.4) is 0 Å². The van der Waals surface area contributed by atoms with Crippen LogP contribution in [0.15, 0.2) is 48.0 Å². The largest absolute Gasteiger partial charge is 0.479 e. The highest BCUT2D eigenvalue weighted by atomic mass is 19.1. The van der Waals surface area contributed by atoms with Gasteiger partial charge in [-0.05, 0) is 107 Å². The molecule has 2 heterocycles. The molecule has 1 atom stereocenters. The number of carboxylic acid groups (broad SMARTS) is 1. The van der Waals surface area contributed by atoms with Crippen molar-refractivity contribution in [3.63, 3.8) is 0 Å². The summed E-state index contributed by atoms with van der Waals surface area (Å²) < 4.78 is 19.6. The van der Waals surface area contributed by atoms with Crippen LogP contribution in [0.25, 0.3) is 17.2 Å². The zero-order valence-electron chi connectivity index (χ0n) is 26.7. The van der Waals surface area contributed by atoms with E-state index in [2.05, 4.69) is 43.0 Å². The number of pyridine rings is 1. The molecule has 6 heteroatoms. The van der Waals surface area contributed by atoms with Crippen LogP contribution in [0.2, 0.25) is 0 Å². The first-order chi connectivity index (χ1) is 20.2. The summed E-state index contributed by atoms with van der Waals surface area (Å²) in [5.74, 6) is -1.22. The topological polar surface area (TPSA) is 62.7 Å². The van der Waals surface area contributed by atoms with Gasteiger partial charge in [0.25, 0.3) is 0 Å². The second kappa shape index (κ2) is 11.9. The number of carbonyl (C=O) groups is 1. The Balaban J connectivity index is 1.60. The summed E-state index contributed by atoms with van der Waals surface area (Å²) in [5.41, 5.74) is 9.82. The van der Waals surface area contributed by atoms with Crippen molar-refractivity contribution in [1.82, 2.24) is 4.98 Å². The summed E-state index contributed by atoms with van der Waals surface area (Å²) in [4.78, 5) is 20.1. The Morgan fingerprint density at radius 2 is 1.70 bits per heavy atom. The molecule has 1 aromatic heterocycles. The van der Waals surface area contributed by atoms with Gasteiger partial charge >= 0.3 is 5.97 Å². The molecule has 1 aliphatic carbocycles. The van der Waals surface area contributed by atoms with Crippen LogP contribution in [-0.4, -0.2) is 34.8 Å². The van der Waals surface area contributed by atoms with Crippen molar-refractivity contribution in [3.05, 3.63) is 87.5 Å². The van der Waals surface area contributed by atoms with Gasteiger partial charge in [0.2, 0.25) is 0 Å². The van der Waals surface area contributed by atoms with Crippen LogP contribution in [0.5, 0.6) is 0 Å². The van der Waals surface area contributed by atoms with Crippen LogP contribution >= 0.6 is 0 Å². The van der Waals surface area contributed by atoms with E-state index in [0.717, 1.165) is 73.3 Å². The molecule has 1 N–H and O–H groups in total. The summed E-state index contributed by atoms with van der Waals surface area (Å²) in [6.45, 7) is 15.9. The number of anilines is 1. The first-order valence-corrected chi connectivity index (χ1v) is 15.4. The van der Waals surface area contributed by atoms with E-state index in [1.165, 1.54) is 28.8 Å². The number of allylic oxidation sites excluding steroid dienone is 1. The molecule has 0 amide bonds. The Morgan fingerprint density at radius 3 is 2.33 bits per heavy atom. The van der Waals surface area contributed by atoms with E-state index < -0.39 is 17.7 Å². The number of nitrogens with zero attached hydrogens (tertiary/aromatic N) is 2. The zero-order valence-corrected chi connectivity index (χ0v) is 26.7. The normalized spacial score (nSPS) is 18.4. The van der Waals surface area contributed by atoms with Crippen molar-refractivity contribution in [2.75, 3.05) is 18.0 Å². The van der Waals surface area contributed by atoms with Crippen molar-refractivity contribution in [3.8, 4) is 11.1 Å². The standard InChI is InChI=1S/C37H45FN2O3/c1-23-31(29-13-12-27-21-26(8-11-28(27)22-29)20-25-9-14-30(38)15-10-25)33(40-18-16-37(6,7)17-19-40)32(24(2)39-23)34(35(41)42)43-36(3,4)5/h9-10,12-15,20,22,34H,8,11,16-19,21H2,1-7H3,(H,41,42)/b26-20+/t34-/m0/s1. The Kier molecular flexibility index (Phi) is 8.54. The number of piperidine rings is 1.